The fourth-order valence-electron chi connectivity index (χ4n) is 0.732. The molecule has 0 fully saturated rings. The van der Waals surface area contributed by atoms with Gasteiger partial charge in [0, 0.05) is 0 Å². The minimum atomic E-state index is -0.475. The number of carbonyl (C=O) groups is 1. The van der Waals surface area contributed by atoms with Gasteiger partial charge in [0.2, 0.25) is 0 Å². The number of rotatable bonds is 6. The molecule has 0 aromatic heterocycles. The lowest BCUT2D eigenvalue weighted by Gasteiger charge is -2.09. The predicted molar refractivity (Wildman–Crippen MR) is 50.1 cm³/mol. The molecule has 0 rings (SSSR count). The maximum Gasteiger partial charge on any atom is 0.311 e. The molecule has 3 heteroatoms. The van der Waals surface area contributed by atoms with Gasteiger partial charge in [-0.3, -0.25) is 4.79 Å². The Morgan fingerprint density at radius 1 is 1.75 bits per heavy atom. The summed E-state index contributed by atoms with van der Waals surface area (Å²) in [6.07, 6.45) is 4.50. The first-order chi connectivity index (χ1) is 5.70. The quantitative estimate of drug-likeness (QED) is 0.366. The number of halogens is 1. The lowest BCUT2D eigenvalue weighted by molar-refractivity contribution is -0.144. The van der Waals surface area contributed by atoms with E-state index in [2.05, 4.69) is 13.5 Å². The average molecular weight is 191 g/mol. The van der Waals surface area contributed by atoms with Gasteiger partial charge in [-0.1, -0.05) is 31.0 Å². The van der Waals surface area contributed by atoms with Crippen molar-refractivity contribution in [2.75, 3.05) is 0 Å². The van der Waals surface area contributed by atoms with Crippen LogP contribution >= 0.6 is 11.6 Å². The highest BCUT2D eigenvalue weighted by Crippen LogP contribution is 2.09. The molecule has 0 saturated carbocycles. The van der Waals surface area contributed by atoms with Crippen molar-refractivity contribution in [3.8, 4) is 0 Å². The van der Waals surface area contributed by atoms with Gasteiger partial charge in [-0.15, -0.1) is 6.58 Å². The zero-order chi connectivity index (χ0) is 9.40. The first-order valence-electron chi connectivity index (χ1n) is 4.15. The summed E-state index contributed by atoms with van der Waals surface area (Å²) in [5.74, 6) is -0.305. The van der Waals surface area contributed by atoms with Gasteiger partial charge in [-0.2, -0.15) is 0 Å². The second kappa shape index (κ2) is 7.17. The highest BCUT2D eigenvalue weighted by atomic mass is 35.5. The normalized spacial score (nSPS) is 12.2. The number of hydrogen-bond acceptors (Lipinski definition) is 2. The van der Waals surface area contributed by atoms with E-state index in [4.69, 9.17) is 16.3 Å². The van der Waals surface area contributed by atoms with Crippen LogP contribution in [0.4, 0.5) is 0 Å². The molecule has 0 saturated heterocycles. The van der Waals surface area contributed by atoms with Crippen molar-refractivity contribution >= 4 is 17.6 Å². The van der Waals surface area contributed by atoms with Crippen LogP contribution in [-0.4, -0.2) is 11.5 Å². The van der Waals surface area contributed by atoms with E-state index in [-0.39, 0.29) is 12.4 Å². The summed E-state index contributed by atoms with van der Waals surface area (Å²) in [4.78, 5) is 10.8. The van der Waals surface area contributed by atoms with Crippen LogP contribution in [-0.2, 0) is 9.53 Å². The molecule has 12 heavy (non-hydrogen) atoms. The zero-order valence-corrected chi connectivity index (χ0v) is 8.14. The Hall–Kier alpha value is -0.500. The van der Waals surface area contributed by atoms with E-state index in [0.29, 0.717) is 0 Å². The van der Waals surface area contributed by atoms with Crippen LogP contribution in [0, 0.1) is 0 Å². The van der Waals surface area contributed by atoms with Gasteiger partial charge in [0.1, 0.15) is 0 Å². The summed E-state index contributed by atoms with van der Waals surface area (Å²) in [7, 11) is 0. The SMILES string of the molecule is C=CCC(=O)OC(Cl)CCCC. The van der Waals surface area contributed by atoms with E-state index in [1.54, 1.807) is 0 Å². The van der Waals surface area contributed by atoms with E-state index in [1.165, 1.54) is 6.08 Å². The first-order valence-corrected chi connectivity index (χ1v) is 4.58. The van der Waals surface area contributed by atoms with Gasteiger partial charge >= 0.3 is 5.97 Å². The van der Waals surface area contributed by atoms with Crippen LogP contribution < -0.4 is 0 Å². The second-order valence-electron chi connectivity index (χ2n) is 2.53. The molecule has 1 unspecified atom stereocenters. The standard InChI is InChI=1S/C9H15ClO2/c1-3-5-7-8(10)12-9(11)6-4-2/h4,8H,2-3,5-7H2,1H3. The molecule has 0 radical (unpaired) electrons. The van der Waals surface area contributed by atoms with Gasteiger partial charge in [0.05, 0.1) is 6.42 Å². The maximum absolute atomic E-state index is 10.8. The summed E-state index contributed by atoms with van der Waals surface area (Å²) in [5.41, 5.74) is -0.475. The third-order valence-electron chi connectivity index (χ3n) is 1.35. The summed E-state index contributed by atoms with van der Waals surface area (Å²) in [6.45, 7) is 5.49. The van der Waals surface area contributed by atoms with Crippen molar-refractivity contribution in [3.05, 3.63) is 12.7 Å². The molecule has 0 spiro atoms. The van der Waals surface area contributed by atoms with Crippen LogP contribution in [0.1, 0.15) is 32.6 Å². The highest BCUT2D eigenvalue weighted by molar-refractivity contribution is 6.20. The Morgan fingerprint density at radius 3 is 2.92 bits per heavy atom. The lowest BCUT2D eigenvalue weighted by atomic mass is 10.3. The van der Waals surface area contributed by atoms with E-state index < -0.39 is 5.56 Å². The van der Waals surface area contributed by atoms with Gasteiger partial charge in [-0.25, -0.2) is 0 Å². The number of esters is 1. The van der Waals surface area contributed by atoms with Crippen LogP contribution in [0.5, 0.6) is 0 Å². The topological polar surface area (TPSA) is 26.3 Å². The molecule has 0 aliphatic heterocycles. The number of carbonyl (C=O) groups excluding carboxylic acids is 1. The van der Waals surface area contributed by atoms with Crippen molar-refractivity contribution in [3.63, 3.8) is 0 Å². The fraction of sp³-hybridized carbons (Fsp3) is 0.667. The first kappa shape index (κ1) is 11.5. The third-order valence-corrected chi connectivity index (χ3v) is 1.66. The van der Waals surface area contributed by atoms with Crippen molar-refractivity contribution in [1.29, 1.82) is 0 Å². The monoisotopic (exact) mass is 190 g/mol. The van der Waals surface area contributed by atoms with Gasteiger partial charge in [-0.05, 0) is 12.8 Å². The van der Waals surface area contributed by atoms with Crippen LogP contribution in [0.3, 0.4) is 0 Å². The molecule has 0 aliphatic rings. The Bertz CT molecular complexity index is 145. The molecule has 70 valence electrons. The molecule has 0 N–H and O–H groups in total. The number of hydrogen-bond donors (Lipinski definition) is 0. The summed E-state index contributed by atoms with van der Waals surface area (Å²) in [5, 5.41) is 0. The minimum Gasteiger partial charge on any atom is -0.446 e. The molecule has 0 bridgehead atoms. The van der Waals surface area contributed by atoms with Gasteiger partial charge in [0.25, 0.3) is 0 Å². The van der Waals surface area contributed by atoms with Crippen LogP contribution in [0.25, 0.3) is 0 Å². The highest BCUT2D eigenvalue weighted by Gasteiger charge is 2.08. The Labute approximate surface area is 78.5 Å². The Kier molecular flexibility index (Phi) is 6.87. The van der Waals surface area contributed by atoms with E-state index >= 15 is 0 Å². The second-order valence-corrected chi connectivity index (χ2v) is 3.02. The summed E-state index contributed by atoms with van der Waals surface area (Å²) >= 11 is 5.71. The summed E-state index contributed by atoms with van der Waals surface area (Å²) < 4.78 is 4.85. The van der Waals surface area contributed by atoms with Crippen molar-refractivity contribution in [2.24, 2.45) is 0 Å². The zero-order valence-electron chi connectivity index (χ0n) is 7.38. The van der Waals surface area contributed by atoms with Gasteiger partial charge < -0.3 is 4.74 Å². The molecule has 0 aromatic carbocycles. The predicted octanol–water partition coefficient (Wildman–Crippen LogP) is 2.86. The van der Waals surface area contributed by atoms with Gasteiger partial charge in [0.15, 0.2) is 5.56 Å². The Morgan fingerprint density at radius 2 is 2.42 bits per heavy atom. The van der Waals surface area contributed by atoms with E-state index in [1.807, 2.05) is 0 Å². The molecular weight excluding hydrogens is 176 g/mol. The van der Waals surface area contributed by atoms with E-state index in [9.17, 15) is 4.79 Å². The Balaban J connectivity index is 3.46. The number of unbranched alkanes of at least 4 members (excludes halogenated alkanes) is 1. The largest absolute Gasteiger partial charge is 0.446 e. The average Bonchev–Trinajstić information content (AvgIpc) is 2.01. The van der Waals surface area contributed by atoms with Crippen molar-refractivity contribution < 1.29 is 9.53 Å². The van der Waals surface area contributed by atoms with Crippen LogP contribution in [0.2, 0.25) is 0 Å². The molecule has 0 aliphatic carbocycles. The van der Waals surface area contributed by atoms with Crippen molar-refractivity contribution in [1.82, 2.24) is 0 Å². The van der Waals surface area contributed by atoms with Crippen LogP contribution in [0.15, 0.2) is 12.7 Å². The van der Waals surface area contributed by atoms with E-state index in [0.717, 1.165) is 19.3 Å². The smallest absolute Gasteiger partial charge is 0.311 e. The lowest BCUT2D eigenvalue weighted by Crippen LogP contribution is -2.11. The molecule has 2 nitrogen and oxygen atoms in total. The molecule has 0 aromatic rings. The summed E-state index contributed by atoms with van der Waals surface area (Å²) in [6, 6.07) is 0. The third kappa shape index (κ3) is 6.23. The number of ether oxygens (including phenoxy) is 1. The van der Waals surface area contributed by atoms with Crippen molar-refractivity contribution in [2.45, 2.75) is 38.2 Å². The molecule has 0 amide bonds. The molecule has 1 atom stereocenters. The maximum atomic E-state index is 10.8. The minimum absolute atomic E-state index is 0.231. The fourth-order valence-corrected chi connectivity index (χ4v) is 0.986. The number of alkyl halides is 1. The molecule has 0 heterocycles. The molecular formula is C9H15ClO2.